The molecule has 0 aromatic carbocycles. The summed E-state index contributed by atoms with van der Waals surface area (Å²) in [5.74, 6) is -0.548. The van der Waals surface area contributed by atoms with Crippen LogP contribution >= 0.6 is 11.6 Å². The molecule has 1 aromatic heterocycles. The van der Waals surface area contributed by atoms with Crippen LogP contribution in [0.4, 0.5) is 8.78 Å². The average Bonchev–Trinajstić information content (AvgIpc) is 2.21. The summed E-state index contributed by atoms with van der Waals surface area (Å²) >= 11 is 5.74. The molecular weight excluding hydrogens is 240 g/mol. The third-order valence-electron chi connectivity index (χ3n) is 2.08. The Balaban J connectivity index is 3.09. The summed E-state index contributed by atoms with van der Waals surface area (Å²) in [6.07, 6.45) is -2.80. The fraction of sp³-hybridized carbons (Fsp3) is 0.400. The topological polar surface area (TPSA) is 39.2 Å². The second-order valence-electron chi connectivity index (χ2n) is 3.17. The summed E-state index contributed by atoms with van der Waals surface area (Å²) in [7, 11) is 1.21. The highest BCUT2D eigenvalue weighted by atomic mass is 35.5. The SMILES string of the molecule is COC(=O)Cc1cc(C(F)F)c(C)nc1Cl. The monoisotopic (exact) mass is 249 g/mol. The van der Waals surface area contributed by atoms with Crippen molar-refractivity contribution < 1.29 is 18.3 Å². The molecule has 0 fully saturated rings. The van der Waals surface area contributed by atoms with E-state index in [1.165, 1.54) is 20.1 Å². The lowest BCUT2D eigenvalue weighted by molar-refractivity contribution is -0.139. The maximum absolute atomic E-state index is 12.6. The molecule has 3 nitrogen and oxygen atoms in total. The standard InChI is InChI=1S/C10H10ClF2NO2/c1-5-7(10(12)13)3-6(9(11)14-5)4-8(15)16-2/h3,10H,4H2,1-2H3. The summed E-state index contributed by atoms with van der Waals surface area (Å²) < 4.78 is 29.5. The molecule has 0 amide bonds. The van der Waals surface area contributed by atoms with Crippen LogP contribution in [0.1, 0.15) is 23.2 Å². The number of alkyl halides is 2. The zero-order chi connectivity index (χ0) is 12.3. The van der Waals surface area contributed by atoms with Crippen molar-refractivity contribution in [2.24, 2.45) is 0 Å². The van der Waals surface area contributed by atoms with Gasteiger partial charge in [0.25, 0.3) is 6.43 Å². The quantitative estimate of drug-likeness (QED) is 0.611. The number of aromatic nitrogens is 1. The third kappa shape index (κ3) is 2.88. The molecule has 0 bridgehead atoms. The molecule has 0 radical (unpaired) electrons. The molecule has 16 heavy (non-hydrogen) atoms. The minimum absolute atomic E-state index is 0.0484. The van der Waals surface area contributed by atoms with E-state index in [9.17, 15) is 13.6 Å². The van der Waals surface area contributed by atoms with Gasteiger partial charge in [0.15, 0.2) is 0 Å². The predicted molar refractivity (Wildman–Crippen MR) is 54.7 cm³/mol. The number of ether oxygens (including phenoxy) is 1. The Kier molecular flexibility index (Phi) is 4.18. The van der Waals surface area contributed by atoms with Crippen molar-refractivity contribution in [3.05, 3.63) is 28.0 Å². The maximum atomic E-state index is 12.6. The van der Waals surface area contributed by atoms with Gasteiger partial charge in [0, 0.05) is 16.8 Å². The van der Waals surface area contributed by atoms with Crippen molar-refractivity contribution in [3.63, 3.8) is 0 Å². The molecule has 0 spiro atoms. The van der Waals surface area contributed by atoms with Crippen LogP contribution in [-0.4, -0.2) is 18.1 Å². The molecule has 0 aliphatic rings. The van der Waals surface area contributed by atoms with Gasteiger partial charge in [-0.05, 0) is 13.0 Å². The molecular formula is C10H10ClF2NO2. The highest BCUT2D eigenvalue weighted by molar-refractivity contribution is 6.30. The summed E-state index contributed by atoms with van der Waals surface area (Å²) in [6.45, 7) is 1.44. The first kappa shape index (κ1) is 12.8. The molecule has 0 atom stereocenters. The highest BCUT2D eigenvalue weighted by Crippen LogP contribution is 2.26. The van der Waals surface area contributed by atoms with E-state index in [-0.39, 0.29) is 28.4 Å². The van der Waals surface area contributed by atoms with Crippen LogP contribution in [-0.2, 0) is 16.0 Å². The molecule has 0 saturated heterocycles. The number of rotatable bonds is 3. The van der Waals surface area contributed by atoms with Crippen LogP contribution < -0.4 is 0 Å². The summed E-state index contributed by atoms with van der Waals surface area (Å²) in [5, 5.41) is 0.0484. The number of hydrogen-bond donors (Lipinski definition) is 0. The Hall–Kier alpha value is -1.23. The van der Waals surface area contributed by atoms with Crippen molar-refractivity contribution in [1.82, 2.24) is 4.98 Å². The molecule has 1 rings (SSSR count). The van der Waals surface area contributed by atoms with Crippen molar-refractivity contribution in [1.29, 1.82) is 0 Å². The van der Waals surface area contributed by atoms with Crippen molar-refractivity contribution >= 4 is 17.6 Å². The van der Waals surface area contributed by atoms with E-state index in [2.05, 4.69) is 9.72 Å². The smallest absolute Gasteiger partial charge is 0.310 e. The molecule has 1 aromatic rings. The first-order chi connectivity index (χ1) is 7.45. The minimum atomic E-state index is -2.64. The number of esters is 1. The summed E-state index contributed by atoms with van der Waals surface area (Å²) in [4.78, 5) is 14.8. The van der Waals surface area contributed by atoms with Crippen LogP contribution in [0.5, 0.6) is 0 Å². The first-order valence-corrected chi connectivity index (χ1v) is 4.84. The van der Waals surface area contributed by atoms with E-state index >= 15 is 0 Å². The average molecular weight is 250 g/mol. The second kappa shape index (κ2) is 5.21. The second-order valence-corrected chi connectivity index (χ2v) is 3.52. The molecule has 0 saturated carbocycles. The van der Waals surface area contributed by atoms with Gasteiger partial charge in [-0.25, -0.2) is 13.8 Å². The Bertz CT molecular complexity index is 410. The largest absolute Gasteiger partial charge is 0.469 e. The van der Waals surface area contributed by atoms with Gasteiger partial charge in [-0.2, -0.15) is 0 Å². The van der Waals surface area contributed by atoms with Gasteiger partial charge in [0.1, 0.15) is 5.15 Å². The number of pyridine rings is 1. The lowest BCUT2D eigenvalue weighted by atomic mass is 10.1. The zero-order valence-electron chi connectivity index (χ0n) is 8.76. The van der Waals surface area contributed by atoms with Crippen molar-refractivity contribution in [2.75, 3.05) is 7.11 Å². The lowest BCUT2D eigenvalue weighted by Crippen LogP contribution is -2.07. The number of nitrogens with zero attached hydrogens (tertiary/aromatic N) is 1. The molecule has 88 valence electrons. The fourth-order valence-corrected chi connectivity index (χ4v) is 1.46. The molecule has 0 aliphatic heterocycles. The van der Waals surface area contributed by atoms with Gasteiger partial charge in [-0.1, -0.05) is 11.6 Å². The van der Waals surface area contributed by atoms with Gasteiger partial charge < -0.3 is 4.74 Å². The fourth-order valence-electron chi connectivity index (χ4n) is 1.21. The Morgan fingerprint density at radius 1 is 1.62 bits per heavy atom. The Morgan fingerprint density at radius 3 is 2.75 bits per heavy atom. The van der Waals surface area contributed by atoms with Crippen molar-refractivity contribution in [3.8, 4) is 0 Å². The number of carbonyl (C=O) groups is 1. The van der Waals surface area contributed by atoms with Gasteiger partial charge in [0.05, 0.1) is 13.5 Å². The summed E-state index contributed by atoms with van der Waals surface area (Å²) in [6, 6.07) is 1.19. The number of methoxy groups -OCH3 is 1. The first-order valence-electron chi connectivity index (χ1n) is 4.46. The molecule has 0 N–H and O–H groups in total. The predicted octanol–water partition coefficient (Wildman–Crippen LogP) is 2.70. The van der Waals surface area contributed by atoms with E-state index in [0.29, 0.717) is 0 Å². The molecule has 6 heteroatoms. The number of carbonyl (C=O) groups excluding carboxylic acids is 1. The number of hydrogen-bond acceptors (Lipinski definition) is 3. The maximum Gasteiger partial charge on any atom is 0.310 e. The summed E-state index contributed by atoms with van der Waals surface area (Å²) in [5.41, 5.74) is 0.186. The van der Waals surface area contributed by atoms with Crippen LogP contribution in [0.25, 0.3) is 0 Å². The Labute approximate surface area is 96.4 Å². The van der Waals surface area contributed by atoms with E-state index in [4.69, 9.17) is 11.6 Å². The van der Waals surface area contributed by atoms with E-state index < -0.39 is 12.4 Å². The van der Waals surface area contributed by atoms with Gasteiger partial charge >= 0.3 is 5.97 Å². The van der Waals surface area contributed by atoms with Gasteiger partial charge in [-0.3, -0.25) is 4.79 Å². The highest BCUT2D eigenvalue weighted by Gasteiger charge is 2.16. The number of halogens is 3. The Morgan fingerprint density at radius 2 is 2.25 bits per heavy atom. The van der Waals surface area contributed by atoms with Crippen LogP contribution in [0.2, 0.25) is 5.15 Å². The minimum Gasteiger partial charge on any atom is -0.469 e. The normalized spacial score (nSPS) is 10.6. The van der Waals surface area contributed by atoms with E-state index in [1.54, 1.807) is 0 Å². The van der Waals surface area contributed by atoms with Crippen LogP contribution in [0.3, 0.4) is 0 Å². The molecule has 0 unspecified atom stereocenters. The third-order valence-corrected chi connectivity index (χ3v) is 2.40. The molecule has 1 heterocycles. The van der Waals surface area contributed by atoms with Crippen LogP contribution in [0.15, 0.2) is 6.07 Å². The van der Waals surface area contributed by atoms with Gasteiger partial charge in [0.2, 0.25) is 0 Å². The van der Waals surface area contributed by atoms with Crippen molar-refractivity contribution in [2.45, 2.75) is 19.8 Å². The zero-order valence-corrected chi connectivity index (χ0v) is 9.52. The van der Waals surface area contributed by atoms with Gasteiger partial charge in [-0.15, -0.1) is 0 Å². The van der Waals surface area contributed by atoms with E-state index in [0.717, 1.165) is 0 Å². The number of aryl methyl sites for hydroxylation is 1. The molecule has 0 aliphatic carbocycles. The van der Waals surface area contributed by atoms with Crippen LogP contribution in [0, 0.1) is 6.92 Å². The lowest BCUT2D eigenvalue weighted by Gasteiger charge is -2.08. The van der Waals surface area contributed by atoms with E-state index in [1.807, 2.05) is 0 Å².